The van der Waals surface area contributed by atoms with Crippen molar-refractivity contribution >= 4 is 0 Å². The van der Waals surface area contributed by atoms with Crippen LogP contribution in [-0.2, 0) is 0 Å². The second-order valence-corrected chi connectivity index (χ2v) is 3.08. The number of halogens is 2. The summed E-state index contributed by atoms with van der Waals surface area (Å²) in [6.45, 7) is 0.532. The lowest BCUT2D eigenvalue weighted by Crippen LogP contribution is -2.28. The fourth-order valence-electron chi connectivity index (χ4n) is 1.30. The highest BCUT2D eigenvalue weighted by Crippen LogP contribution is 2.15. The molecule has 15 heavy (non-hydrogen) atoms. The Hall–Kier alpha value is -1.44. The predicted octanol–water partition coefficient (Wildman–Crippen LogP) is 1.19. The molecule has 2 nitrogen and oxygen atoms in total. The van der Waals surface area contributed by atoms with Gasteiger partial charge in [-0.05, 0) is 17.7 Å². The Morgan fingerprint density at radius 2 is 1.93 bits per heavy atom. The van der Waals surface area contributed by atoms with Crippen molar-refractivity contribution in [2.24, 2.45) is 5.73 Å². The molecule has 0 aliphatic rings. The lowest BCUT2D eigenvalue weighted by molar-refractivity contribution is 0.548. The average Bonchev–Trinajstić information content (AvgIpc) is 2.17. The van der Waals surface area contributed by atoms with Crippen LogP contribution in [0.5, 0.6) is 0 Å². The van der Waals surface area contributed by atoms with E-state index in [1.807, 2.05) is 0 Å². The van der Waals surface area contributed by atoms with Gasteiger partial charge < -0.3 is 5.73 Å². The van der Waals surface area contributed by atoms with E-state index in [4.69, 9.17) is 12.2 Å². The third-order valence-electron chi connectivity index (χ3n) is 1.97. The summed E-state index contributed by atoms with van der Waals surface area (Å²) < 4.78 is 25.8. The number of hydrogen-bond acceptors (Lipinski definition) is 2. The van der Waals surface area contributed by atoms with Crippen molar-refractivity contribution in [2.45, 2.75) is 6.04 Å². The van der Waals surface area contributed by atoms with E-state index in [1.165, 1.54) is 12.1 Å². The summed E-state index contributed by atoms with van der Waals surface area (Å²) in [5.41, 5.74) is 5.93. The van der Waals surface area contributed by atoms with E-state index in [2.05, 4.69) is 11.2 Å². The Morgan fingerprint density at radius 1 is 1.33 bits per heavy atom. The molecule has 3 N–H and O–H groups in total. The molecule has 0 aliphatic carbocycles. The molecule has 0 spiro atoms. The maximum atomic E-state index is 12.9. The summed E-state index contributed by atoms with van der Waals surface area (Å²) in [5.74, 6) is 1.14. The summed E-state index contributed by atoms with van der Waals surface area (Å²) in [6, 6.07) is 2.97. The van der Waals surface area contributed by atoms with Gasteiger partial charge in [0.1, 0.15) is 11.6 Å². The summed E-state index contributed by atoms with van der Waals surface area (Å²) in [6.07, 6.45) is 5.07. The molecule has 1 rings (SSSR count). The van der Waals surface area contributed by atoms with Crippen LogP contribution in [0.1, 0.15) is 11.6 Å². The van der Waals surface area contributed by atoms with Crippen molar-refractivity contribution in [1.29, 1.82) is 0 Å². The molecular weight excluding hydrogens is 198 g/mol. The van der Waals surface area contributed by atoms with E-state index < -0.39 is 11.6 Å². The fraction of sp³-hybridized carbons (Fsp3) is 0.273. The van der Waals surface area contributed by atoms with Crippen molar-refractivity contribution in [2.75, 3.05) is 13.1 Å². The lowest BCUT2D eigenvalue weighted by Gasteiger charge is -2.15. The highest BCUT2D eigenvalue weighted by Gasteiger charge is 2.10. The number of rotatable bonds is 4. The van der Waals surface area contributed by atoms with Crippen molar-refractivity contribution in [3.63, 3.8) is 0 Å². The lowest BCUT2D eigenvalue weighted by atomic mass is 10.1. The highest BCUT2D eigenvalue weighted by molar-refractivity contribution is 5.22. The number of nitrogens with one attached hydrogen (secondary N) is 1. The quantitative estimate of drug-likeness (QED) is 0.732. The van der Waals surface area contributed by atoms with E-state index in [0.717, 1.165) is 6.07 Å². The molecule has 80 valence electrons. The molecule has 1 aromatic rings. The van der Waals surface area contributed by atoms with Gasteiger partial charge in [0.2, 0.25) is 0 Å². The third-order valence-corrected chi connectivity index (χ3v) is 1.97. The van der Waals surface area contributed by atoms with Gasteiger partial charge in [0, 0.05) is 18.7 Å². The first-order valence-electron chi connectivity index (χ1n) is 4.50. The van der Waals surface area contributed by atoms with Crippen LogP contribution in [0.2, 0.25) is 0 Å². The topological polar surface area (TPSA) is 38.0 Å². The minimum Gasteiger partial charge on any atom is -0.329 e. The standard InChI is InChI=1S/C11H12F2N2/c1-2-3-15-11(7-14)8-4-9(12)6-10(13)5-8/h1,4-6,11,15H,3,7,14H2. The van der Waals surface area contributed by atoms with Crippen LogP contribution in [0.25, 0.3) is 0 Å². The van der Waals surface area contributed by atoms with Crippen molar-refractivity contribution in [1.82, 2.24) is 5.32 Å². The maximum Gasteiger partial charge on any atom is 0.126 e. The van der Waals surface area contributed by atoms with Crippen LogP contribution in [0.4, 0.5) is 8.78 Å². The zero-order valence-electron chi connectivity index (χ0n) is 8.13. The normalized spacial score (nSPS) is 12.1. The average molecular weight is 210 g/mol. The van der Waals surface area contributed by atoms with E-state index in [0.29, 0.717) is 12.1 Å². The van der Waals surface area contributed by atoms with Crippen LogP contribution in [0, 0.1) is 24.0 Å². The SMILES string of the molecule is C#CCNC(CN)c1cc(F)cc(F)c1. The molecule has 0 saturated carbocycles. The van der Waals surface area contributed by atoms with Gasteiger partial charge in [-0.15, -0.1) is 6.42 Å². The maximum absolute atomic E-state index is 12.9. The van der Waals surface area contributed by atoms with Crippen molar-refractivity contribution < 1.29 is 8.78 Å². The Balaban J connectivity index is 2.87. The number of benzene rings is 1. The molecule has 1 atom stereocenters. The molecule has 0 bridgehead atoms. The Bertz CT molecular complexity index is 351. The minimum atomic E-state index is -0.619. The molecule has 1 aromatic carbocycles. The first kappa shape index (κ1) is 11.6. The van der Waals surface area contributed by atoms with Crippen molar-refractivity contribution in [3.05, 3.63) is 35.4 Å². The van der Waals surface area contributed by atoms with Crippen LogP contribution in [0.3, 0.4) is 0 Å². The molecule has 0 fully saturated rings. The van der Waals surface area contributed by atoms with E-state index in [-0.39, 0.29) is 12.6 Å². The molecule has 0 aromatic heterocycles. The van der Waals surface area contributed by atoms with Gasteiger partial charge in [-0.2, -0.15) is 0 Å². The molecule has 0 radical (unpaired) electrons. The van der Waals surface area contributed by atoms with Gasteiger partial charge in [-0.1, -0.05) is 5.92 Å². The molecular formula is C11H12F2N2. The second kappa shape index (κ2) is 5.44. The third kappa shape index (κ3) is 3.31. The largest absolute Gasteiger partial charge is 0.329 e. The first-order chi connectivity index (χ1) is 7.17. The van der Waals surface area contributed by atoms with E-state index in [9.17, 15) is 8.78 Å². The minimum absolute atomic E-state index is 0.227. The molecule has 0 aliphatic heterocycles. The fourth-order valence-corrected chi connectivity index (χ4v) is 1.30. The Kier molecular flexibility index (Phi) is 4.22. The van der Waals surface area contributed by atoms with E-state index in [1.54, 1.807) is 0 Å². The number of hydrogen-bond donors (Lipinski definition) is 2. The summed E-state index contributed by atoms with van der Waals surface area (Å²) in [7, 11) is 0. The number of nitrogens with two attached hydrogens (primary N) is 1. The van der Waals surface area contributed by atoms with Gasteiger partial charge >= 0.3 is 0 Å². The Morgan fingerprint density at radius 3 is 2.40 bits per heavy atom. The zero-order valence-corrected chi connectivity index (χ0v) is 8.13. The van der Waals surface area contributed by atoms with Gasteiger partial charge in [0.15, 0.2) is 0 Å². The zero-order chi connectivity index (χ0) is 11.3. The van der Waals surface area contributed by atoms with Crippen molar-refractivity contribution in [3.8, 4) is 12.3 Å². The molecule has 0 amide bonds. The summed E-state index contributed by atoms with van der Waals surface area (Å²) in [5, 5.41) is 2.90. The van der Waals surface area contributed by atoms with Gasteiger partial charge in [-0.3, -0.25) is 5.32 Å². The van der Waals surface area contributed by atoms with Gasteiger partial charge in [-0.25, -0.2) is 8.78 Å². The summed E-state index contributed by atoms with van der Waals surface area (Å²) >= 11 is 0. The first-order valence-corrected chi connectivity index (χ1v) is 4.50. The van der Waals surface area contributed by atoms with Crippen LogP contribution in [0.15, 0.2) is 18.2 Å². The highest BCUT2D eigenvalue weighted by atomic mass is 19.1. The van der Waals surface area contributed by atoms with E-state index >= 15 is 0 Å². The van der Waals surface area contributed by atoms with Crippen LogP contribution >= 0.6 is 0 Å². The summed E-state index contributed by atoms with van der Waals surface area (Å²) in [4.78, 5) is 0. The van der Waals surface area contributed by atoms with Crippen LogP contribution < -0.4 is 11.1 Å². The monoisotopic (exact) mass is 210 g/mol. The molecule has 4 heteroatoms. The number of terminal acetylenes is 1. The predicted molar refractivity (Wildman–Crippen MR) is 55.0 cm³/mol. The van der Waals surface area contributed by atoms with Gasteiger partial charge in [0.25, 0.3) is 0 Å². The van der Waals surface area contributed by atoms with Crippen LogP contribution in [-0.4, -0.2) is 13.1 Å². The molecule has 1 unspecified atom stereocenters. The Labute approximate surface area is 87.5 Å². The second-order valence-electron chi connectivity index (χ2n) is 3.08. The molecule has 0 heterocycles. The smallest absolute Gasteiger partial charge is 0.126 e. The molecule has 0 saturated heterocycles. The van der Waals surface area contributed by atoms with Gasteiger partial charge in [0.05, 0.1) is 6.54 Å².